The normalized spacial score (nSPS) is 11.8. The lowest BCUT2D eigenvalue weighted by Gasteiger charge is -2.17. The number of pyridine rings is 4. The van der Waals surface area contributed by atoms with E-state index in [0.29, 0.717) is 29.6 Å². The molecule has 0 saturated carbocycles. The highest BCUT2D eigenvalue weighted by molar-refractivity contribution is 5.99. The molecule has 12 aromatic carbocycles. The molecule has 108 heavy (non-hydrogen) atoms. The van der Waals surface area contributed by atoms with Crippen molar-refractivity contribution in [3.63, 3.8) is 0 Å². The van der Waals surface area contributed by atoms with Gasteiger partial charge in [0, 0.05) is 50.5 Å². The number of hydrogen-bond donors (Lipinski definition) is 0. The van der Waals surface area contributed by atoms with Gasteiger partial charge in [-0.25, -0.2) is 8.96 Å². The second kappa shape index (κ2) is 31.7. The van der Waals surface area contributed by atoms with Gasteiger partial charge in [0.1, 0.15) is 35.4 Å². The molecule has 4 aromatic heterocycles. The number of aromatic nitrogens is 4. The zero-order valence-electron chi connectivity index (χ0n) is 70.9. The fourth-order valence-corrected chi connectivity index (χ4v) is 15.2. The summed E-state index contributed by atoms with van der Waals surface area (Å²) in [5, 5.41) is 8.10. The van der Waals surface area contributed by atoms with E-state index in [1.54, 1.807) is 6.07 Å². The molecular weight excluding hydrogens is 1310 g/mol. The van der Waals surface area contributed by atoms with Crippen molar-refractivity contribution < 1.29 is 29.5 Å². The molecule has 0 amide bonds. The van der Waals surface area contributed by atoms with Gasteiger partial charge in [0.05, 0.1) is 49.3 Å². The fourth-order valence-electron chi connectivity index (χ4n) is 15.2. The Morgan fingerprint density at radius 2 is 0.667 bits per heavy atom. The van der Waals surface area contributed by atoms with Crippen molar-refractivity contribution in [2.24, 2.45) is 28.2 Å². The molecule has 16 aromatic rings. The van der Waals surface area contributed by atoms with Gasteiger partial charge in [-0.05, 0) is 217 Å². The Balaban J connectivity index is 0.000000132. The molecule has 0 N–H and O–H groups in total. The van der Waals surface area contributed by atoms with Gasteiger partial charge in [0.15, 0.2) is 23.3 Å². The standard InChI is InChI=1S/C27H28N.C26H26N.C25H23FN.C25H24N/c1-18(2)24-16-23(21-9-7-6-8-10-21)17-25(20(24)4)27-26-15-19(3)11-12-22(26)13-14-28(27)5;1-17-11-12-22-15-19(3)27(5)26(25(22)13-17)24-16-23(14-18(2)20(24)4)21-9-7-6-8-10-21;1-16-10-11-20-14-18(3)27(4)25(23(20)12-16)21-15-22(24(26)13-17(21)2)19-8-6-5-7-9-19;1-17-10-12-22-15-19(3)26(4)25(24(22)14-17)23-16-21(13-11-18(23)2)20-8-6-5-7-9-20/h6-18H,1-5H3;6-16H,1-5H3;5-15H,1-4H3;5-16H,1-4H3/q4*+1/i13D,14D;15D;14D;15D. The van der Waals surface area contributed by atoms with Crippen molar-refractivity contribution >= 4 is 43.1 Å². The van der Waals surface area contributed by atoms with Crippen LogP contribution in [0.4, 0.5) is 4.39 Å². The summed E-state index contributed by atoms with van der Waals surface area (Å²) in [5.41, 5.74) is 32.5. The van der Waals surface area contributed by atoms with E-state index >= 15 is 0 Å². The molecular formula is C103H101FN4+4. The van der Waals surface area contributed by atoms with Crippen LogP contribution in [0.2, 0.25) is 0 Å². The summed E-state index contributed by atoms with van der Waals surface area (Å²) in [5.74, 6) is 0.168. The van der Waals surface area contributed by atoms with Gasteiger partial charge in [-0.2, -0.15) is 13.7 Å². The summed E-state index contributed by atoms with van der Waals surface area (Å²) in [6.07, 6.45) is 0.233. The van der Waals surface area contributed by atoms with Gasteiger partial charge in [0.2, 0.25) is 22.8 Å². The van der Waals surface area contributed by atoms with Gasteiger partial charge in [-0.15, -0.1) is 0 Å². The van der Waals surface area contributed by atoms with Crippen LogP contribution >= 0.6 is 0 Å². The third kappa shape index (κ3) is 15.4. The van der Waals surface area contributed by atoms with Crippen LogP contribution in [0.25, 0.3) is 133 Å². The summed E-state index contributed by atoms with van der Waals surface area (Å²) < 4.78 is 65.9. The van der Waals surface area contributed by atoms with Gasteiger partial charge < -0.3 is 0 Å². The smallest absolute Gasteiger partial charge is 0.206 e. The molecule has 0 fully saturated rings. The Bertz CT molecular complexity index is 6390. The fraction of sp³-hybridized carbons (Fsp3) is 0.184. The first-order valence-electron chi connectivity index (χ1n) is 40.0. The quantitative estimate of drug-likeness (QED) is 0.128. The molecule has 4 nitrogen and oxygen atoms in total. The minimum absolute atomic E-state index is 0.218. The lowest BCUT2D eigenvalue weighted by atomic mass is 9.87. The van der Waals surface area contributed by atoms with Gasteiger partial charge in [0.25, 0.3) is 0 Å². The maximum Gasteiger partial charge on any atom is 0.220 e. The first-order chi connectivity index (χ1) is 54.0. The molecule has 0 aliphatic rings. The summed E-state index contributed by atoms with van der Waals surface area (Å²) >= 11 is 0. The van der Waals surface area contributed by atoms with Crippen LogP contribution in [0.5, 0.6) is 0 Å². The van der Waals surface area contributed by atoms with E-state index in [-0.39, 0.29) is 18.0 Å². The first-order valence-corrected chi connectivity index (χ1v) is 37.5. The summed E-state index contributed by atoms with van der Waals surface area (Å²) in [7, 11) is 8.03. The van der Waals surface area contributed by atoms with Crippen LogP contribution in [0, 0.1) is 88.9 Å². The van der Waals surface area contributed by atoms with Crippen molar-refractivity contribution in [3.05, 3.63) is 358 Å². The molecule has 0 aliphatic carbocycles. The van der Waals surface area contributed by atoms with Crippen LogP contribution in [0.3, 0.4) is 0 Å². The minimum atomic E-state index is -0.218. The maximum atomic E-state index is 14.8. The van der Waals surface area contributed by atoms with E-state index in [9.17, 15) is 4.39 Å². The van der Waals surface area contributed by atoms with Crippen LogP contribution in [0.1, 0.15) is 99.3 Å². The Kier molecular flexibility index (Phi) is 20.0. The molecule has 4 heterocycles. The number of aryl methyl sites for hydroxylation is 7. The molecule has 0 saturated heterocycles. The summed E-state index contributed by atoms with van der Waals surface area (Å²) in [6, 6.07) is 87.6. The van der Waals surface area contributed by atoms with E-state index < -0.39 is 0 Å². The first kappa shape index (κ1) is 68.0. The molecule has 0 radical (unpaired) electrons. The third-order valence-electron chi connectivity index (χ3n) is 21.6. The molecule has 16 rings (SSSR count). The lowest BCUT2D eigenvalue weighted by Crippen LogP contribution is -2.35. The van der Waals surface area contributed by atoms with Crippen molar-refractivity contribution in [2.75, 3.05) is 0 Å². The van der Waals surface area contributed by atoms with E-state index in [0.717, 1.165) is 105 Å². The maximum absolute atomic E-state index is 14.8. The average Bonchev–Trinajstić information content (AvgIpc) is 0.767. The minimum Gasteiger partial charge on any atom is -0.206 e. The molecule has 0 atom stereocenters. The van der Waals surface area contributed by atoms with Gasteiger partial charge in [-0.3, -0.25) is 0 Å². The Morgan fingerprint density at radius 1 is 0.296 bits per heavy atom. The highest BCUT2D eigenvalue weighted by Gasteiger charge is 2.27. The predicted octanol–water partition coefficient (Wildman–Crippen LogP) is 25.0. The largest absolute Gasteiger partial charge is 0.220 e. The Labute approximate surface area is 647 Å². The summed E-state index contributed by atoms with van der Waals surface area (Å²) in [6.45, 7) is 29.5. The molecule has 0 spiro atoms. The Hall–Kier alpha value is -11.8. The lowest BCUT2D eigenvalue weighted by molar-refractivity contribution is -0.665. The van der Waals surface area contributed by atoms with Crippen molar-refractivity contribution in [3.8, 4) is 89.5 Å². The number of nitrogens with zero attached hydrogens (tertiary/aromatic N) is 4. The number of halogens is 1. The van der Waals surface area contributed by atoms with Crippen molar-refractivity contribution in [1.29, 1.82) is 0 Å². The highest BCUT2D eigenvalue weighted by Crippen LogP contribution is 2.40. The molecule has 5 heteroatoms. The third-order valence-corrected chi connectivity index (χ3v) is 21.6. The number of benzene rings is 12. The second-order valence-electron chi connectivity index (χ2n) is 29.7. The Morgan fingerprint density at radius 3 is 1.11 bits per heavy atom. The van der Waals surface area contributed by atoms with Crippen LogP contribution in [-0.4, -0.2) is 0 Å². The van der Waals surface area contributed by atoms with Crippen LogP contribution in [0.15, 0.2) is 279 Å². The van der Waals surface area contributed by atoms with Crippen LogP contribution in [-0.2, 0) is 28.2 Å². The topological polar surface area (TPSA) is 15.5 Å². The van der Waals surface area contributed by atoms with Crippen LogP contribution < -0.4 is 18.3 Å². The molecule has 0 aliphatic heterocycles. The van der Waals surface area contributed by atoms with Gasteiger partial charge >= 0.3 is 0 Å². The SMILES string of the molecule is [2H]c1c(C)[n+](C)c(-c2cc(-c3ccccc3)c(F)cc2C)c2cc(C)ccc12.[2H]c1c(C)[n+](C)c(-c2cc(-c3ccccc3)cc(C)c2C)c2cc(C)ccc12.[2H]c1c(C)[n+](C)c(-c2cc(-c3ccccc3)ccc2C)c2cc(C)ccc12.[2H]c1c([2H])[n+](C)c(-c2cc(-c3ccccc3)cc(C(C)C)c2C)c2cc(C)ccc12. The van der Waals surface area contributed by atoms with E-state index in [2.05, 4.69) is 267 Å². The van der Waals surface area contributed by atoms with Gasteiger partial charge in [-0.1, -0.05) is 230 Å². The predicted molar refractivity (Wildman–Crippen MR) is 455 cm³/mol. The summed E-state index contributed by atoms with van der Waals surface area (Å²) in [4.78, 5) is 0. The zero-order valence-corrected chi connectivity index (χ0v) is 65.9. The van der Waals surface area contributed by atoms with E-state index in [1.165, 1.54) is 94.8 Å². The second-order valence-corrected chi connectivity index (χ2v) is 29.7. The van der Waals surface area contributed by atoms with E-state index in [1.807, 2.05) is 119 Å². The molecule has 536 valence electrons. The number of fused-ring (bicyclic) bond motifs is 4. The monoisotopic (exact) mass is 1420 g/mol. The highest BCUT2D eigenvalue weighted by atomic mass is 19.1. The number of rotatable bonds is 9. The molecule has 0 unspecified atom stereocenters. The average molecular weight is 1420 g/mol. The number of hydrogen-bond acceptors (Lipinski definition) is 0. The van der Waals surface area contributed by atoms with Crippen molar-refractivity contribution in [1.82, 2.24) is 0 Å². The zero-order chi connectivity index (χ0) is 80.7. The van der Waals surface area contributed by atoms with E-state index in [4.69, 9.17) is 6.85 Å². The molecule has 0 bridgehead atoms. The van der Waals surface area contributed by atoms with Crippen molar-refractivity contribution in [2.45, 2.75) is 103 Å².